The van der Waals surface area contributed by atoms with Crippen molar-refractivity contribution in [1.29, 1.82) is 0 Å². The maximum atomic E-state index is 8.93. The van der Waals surface area contributed by atoms with Gasteiger partial charge in [-0.3, -0.25) is 0 Å². The highest BCUT2D eigenvalue weighted by Gasteiger charge is 2.21. The number of aliphatic hydroxyl groups is 4. The molecule has 0 aliphatic carbocycles. The lowest BCUT2D eigenvalue weighted by Gasteiger charge is -2.19. The van der Waals surface area contributed by atoms with Crippen molar-refractivity contribution in [2.45, 2.75) is 31.7 Å². The largest absolute Gasteiger partial charge is 0.394 e. The molecule has 3 atom stereocenters. The zero-order valence-electron chi connectivity index (χ0n) is 5.94. The van der Waals surface area contributed by atoms with Crippen LogP contribution < -0.4 is 0 Å². The fraction of sp³-hybridized carbons (Fsp3) is 1.00. The molecule has 4 heteroatoms. The molecule has 4 N–H and O–H groups in total. The predicted octanol–water partition coefficient (Wildman–Crippen LogP) is -1.53. The van der Waals surface area contributed by atoms with Crippen LogP contribution in [0.5, 0.6) is 0 Å². The molecule has 10 heavy (non-hydrogen) atoms. The summed E-state index contributed by atoms with van der Waals surface area (Å²) in [5.41, 5.74) is 0. The topological polar surface area (TPSA) is 80.9 Å². The average molecular weight is 150 g/mol. The van der Waals surface area contributed by atoms with Crippen LogP contribution in [0.25, 0.3) is 0 Å². The second-order valence-electron chi connectivity index (χ2n) is 2.22. The van der Waals surface area contributed by atoms with Crippen molar-refractivity contribution in [3.05, 3.63) is 0 Å². The molecule has 62 valence electrons. The third-order valence-electron chi connectivity index (χ3n) is 1.39. The molecule has 0 saturated heterocycles. The van der Waals surface area contributed by atoms with E-state index in [-0.39, 0.29) is 0 Å². The number of hydrogen-bond donors (Lipinski definition) is 4. The van der Waals surface area contributed by atoms with Crippen molar-refractivity contribution in [2.24, 2.45) is 0 Å². The lowest BCUT2D eigenvalue weighted by atomic mass is 10.1. The highest BCUT2D eigenvalue weighted by Crippen LogP contribution is 2.02. The summed E-state index contributed by atoms with van der Waals surface area (Å²) in [5.74, 6) is 0. The summed E-state index contributed by atoms with van der Waals surface area (Å²) in [6.45, 7) is 1.15. The van der Waals surface area contributed by atoms with E-state index >= 15 is 0 Å². The van der Waals surface area contributed by atoms with E-state index in [0.717, 1.165) is 0 Å². The lowest BCUT2D eigenvalue weighted by molar-refractivity contribution is -0.0767. The third-order valence-corrected chi connectivity index (χ3v) is 1.39. The first-order valence-electron chi connectivity index (χ1n) is 3.28. The summed E-state index contributed by atoms with van der Waals surface area (Å²) in [6, 6.07) is 0. The second kappa shape index (κ2) is 4.62. The van der Waals surface area contributed by atoms with E-state index in [1.807, 2.05) is 0 Å². The van der Waals surface area contributed by atoms with Crippen LogP contribution in [0.1, 0.15) is 13.3 Å². The number of hydrogen-bond acceptors (Lipinski definition) is 4. The first-order valence-corrected chi connectivity index (χ1v) is 3.28. The van der Waals surface area contributed by atoms with Crippen molar-refractivity contribution < 1.29 is 20.4 Å². The monoisotopic (exact) mass is 150 g/mol. The molecule has 0 saturated carbocycles. The van der Waals surface area contributed by atoms with E-state index in [4.69, 9.17) is 20.4 Å². The summed E-state index contributed by atoms with van der Waals surface area (Å²) in [5, 5.41) is 34.9. The van der Waals surface area contributed by atoms with Crippen LogP contribution in [0.15, 0.2) is 0 Å². The second-order valence-corrected chi connectivity index (χ2v) is 2.22. The van der Waals surface area contributed by atoms with Gasteiger partial charge in [-0.05, 0) is 6.42 Å². The van der Waals surface area contributed by atoms with Crippen LogP contribution in [0, 0.1) is 0 Å². The van der Waals surface area contributed by atoms with Crippen LogP contribution >= 0.6 is 0 Å². The lowest BCUT2D eigenvalue weighted by Crippen LogP contribution is -2.38. The first kappa shape index (κ1) is 9.84. The molecule has 0 unspecified atom stereocenters. The molecule has 0 fully saturated rings. The van der Waals surface area contributed by atoms with Gasteiger partial charge in [0.25, 0.3) is 0 Å². The summed E-state index contributed by atoms with van der Waals surface area (Å²) < 4.78 is 0. The molecule has 0 aromatic rings. The van der Waals surface area contributed by atoms with Gasteiger partial charge < -0.3 is 20.4 Å². The third kappa shape index (κ3) is 2.62. The van der Waals surface area contributed by atoms with Gasteiger partial charge in [0.1, 0.15) is 12.2 Å². The Labute approximate surface area is 59.7 Å². The Bertz CT molecular complexity index is 75.8. The Morgan fingerprint density at radius 3 is 1.90 bits per heavy atom. The van der Waals surface area contributed by atoms with Crippen LogP contribution in [0.3, 0.4) is 0 Å². The molecule has 0 rings (SSSR count). The van der Waals surface area contributed by atoms with Crippen molar-refractivity contribution in [3.8, 4) is 0 Å². The van der Waals surface area contributed by atoms with Gasteiger partial charge in [-0.2, -0.15) is 0 Å². The Balaban J connectivity index is 3.69. The molecular weight excluding hydrogens is 136 g/mol. The van der Waals surface area contributed by atoms with Crippen molar-refractivity contribution >= 4 is 0 Å². The van der Waals surface area contributed by atoms with Gasteiger partial charge in [0.15, 0.2) is 0 Å². The molecular formula is C6H14O4. The zero-order valence-corrected chi connectivity index (χ0v) is 5.94. The van der Waals surface area contributed by atoms with E-state index in [2.05, 4.69) is 0 Å². The molecule has 0 amide bonds. The Kier molecular flexibility index (Phi) is 4.55. The van der Waals surface area contributed by atoms with E-state index in [1.54, 1.807) is 6.92 Å². The van der Waals surface area contributed by atoms with E-state index in [1.165, 1.54) is 0 Å². The molecule has 0 aliphatic rings. The van der Waals surface area contributed by atoms with Gasteiger partial charge in [-0.25, -0.2) is 0 Å². The minimum absolute atomic E-state index is 0.359. The van der Waals surface area contributed by atoms with Crippen LogP contribution in [-0.2, 0) is 0 Å². The van der Waals surface area contributed by atoms with Crippen molar-refractivity contribution in [1.82, 2.24) is 0 Å². The molecule has 0 aromatic carbocycles. The fourth-order valence-corrected chi connectivity index (χ4v) is 0.606. The van der Waals surface area contributed by atoms with Gasteiger partial charge in [0.2, 0.25) is 0 Å². The maximum Gasteiger partial charge on any atom is 0.108 e. The fourth-order valence-electron chi connectivity index (χ4n) is 0.606. The minimum Gasteiger partial charge on any atom is -0.394 e. The summed E-state index contributed by atoms with van der Waals surface area (Å²) in [7, 11) is 0. The van der Waals surface area contributed by atoms with Crippen LogP contribution in [0.4, 0.5) is 0 Å². The van der Waals surface area contributed by atoms with Gasteiger partial charge in [-0.15, -0.1) is 0 Å². The molecule has 0 aliphatic heterocycles. The van der Waals surface area contributed by atoms with E-state index in [0.29, 0.717) is 6.42 Å². The average Bonchev–Trinajstić information content (AvgIpc) is 2.00. The van der Waals surface area contributed by atoms with Crippen molar-refractivity contribution in [2.75, 3.05) is 6.61 Å². The zero-order chi connectivity index (χ0) is 8.15. The minimum atomic E-state index is -1.24. The normalized spacial score (nSPS) is 20.1. The summed E-state index contributed by atoms with van der Waals surface area (Å²) >= 11 is 0. The summed E-state index contributed by atoms with van der Waals surface area (Å²) in [4.78, 5) is 0. The molecule has 4 nitrogen and oxygen atoms in total. The molecule has 0 aromatic heterocycles. The molecule has 0 spiro atoms. The standard InChI is InChI=1S/C6H14O4/c1-2-4(8)6(10)5(9)3-7/h4-10H,2-3H2,1H3/t4-,5+,6+/m0/s1. The smallest absolute Gasteiger partial charge is 0.108 e. The maximum absolute atomic E-state index is 8.93. The highest BCUT2D eigenvalue weighted by atomic mass is 16.4. The molecule has 0 heterocycles. The van der Waals surface area contributed by atoms with Gasteiger partial charge >= 0.3 is 0 Å². The van der Waals surface area contributed by atoms with E-state index < -0.39 is 24.9 Å². The Morgan fingerprint density at radius 1 is 1.10 bits per heavy atom. The summed E-state index contributed by atoms with van der Waals surface area (Å²) in [6.07, 6.45) is -3.08. The number of aliphatic hydroxyl groups excluding tert-OH is 4. The Hall–Kier alpha value is -0.160. The molecule has 0 radical (unpaired) electrons. The van der Waals surface area contributed by atoms with E-state index in [9.17, 15) is 0 Å². The van der Waals surface area contributed by atoms with Gasteiger partial charge in [0, 0.05) is 0 Å². The van der Waals surface area contributed by atoms with Crippen molar-refractivity contribution in [3.63, 3.8) is 0 Å². The quantitative estimate of drug-likeness (QED) is 0.392. The number of rotatable bonds is 4. The molecule has 0 bridgehead atoms. The van der Waals surface area contributed by atoms with Gasteiger partial charge in [0.05, 0.1) is 12.7 Å². The van der Waals surface area contributed by atoms with Crippen LogP contribution in [0.2, 0.25) is 0 Å². The SMILES string of the molecule is CC[C@H](O)[C@@H](O)[C@H](O)CO. The first-order chi connectivity index (χ1) is 4.63. The Morgan fingerprint density at radius 2 is 1.60 bits per heavy atom. The highest BCUT2D eigenvalue weighted by molar-refractivity contribution is 4.72. The predicted molar refractivity (Wildman–Crippen MR) is 35.4 cm³/mol. The van der Waals surface area contributed by atoms with Crippen LogP contribution in [-0.4, -0.2) is 45.3 Å². The van der Waals surface area contributed by atoms with Gasteiger partial charge in [-0.1, -0.05) is 6.92 Å².